The molecule has 0 radical (unpaired) electrons. The highest BCUT2D eigenvalue weighted by molar-refractivity contribution is 6.12. The first-order valence-electron chi connectivity index (χ1n) is 10.0. The van der Waals surface area contributed by atoms with Gasteiger partial charge in [-0.2, -0.15) is 5.26 Å². The molecule has 4 aromatic carbocycles. The van der Waals surface area contributed by atoms with E-state index < -0.39 is 17.7 Å². The van der Waals surface area contributed by atoms with Gasteiger partial charge in [0.05, 0.1) is 5.56 Å². The summed E-state index contributed by atoms with van der Waals surface area (Å²) in [4.78, 5) is 25.0. The highest BCUT2D eigenvalue weighted by Gasteiger charge is 2.13. The number of fused-ring (bicyclic) bond motifs is 1. The Balaban J connectivity index is 1.54. The van der Waals surface area contributed by atoms with E-state index in [-0.39, 0.29) is 16.9 Å². The number of hydrogen-bond donors (Lipinski definition) is 1. The second-order valence-electron chi connectivity index (χ2n) is 7.12. The van der Waals surface area contributed by atoms with Gasteiger partial charge in [-0.25, -0.2) is 9.18 Å². The molecule has 33 heavy (non-hydrogen) atoms. The van der Waals surface area contributed by atoms with E-state index in [4.69, 9.17) is 4.74 Å². The summed E-state index contributed by atoms with van der Waals surface area (Å²) in [7, 11) is 0. The van der Waals surface area contributed by atoms with Gasteiger partial charge < -0.3 is 10.1 Å². The fourth-order valence-corrected chi connectivity index (χ4v) is 3.29. The van der Waals surface area contributed by atoms with Gasteiger partial charge in [-0.05, 0) is 53.4 Å². The number of ether oxygens (including phenoxy) is 1. The van der Waals surface area contributed by atoms with Crippen molar-refractivity contribution < 1.29 is 18.7 Å². The molecule has 160 valence electrons. The maximum Gasteiger partial charge on any atom is 0.343 e. The fourth-order valence-electron chi connectivity index (χ4n) is 3.29. The maximum absolute atomic E-state index is 13.3. The van der Waals surface area contributed by atoms with Crippen molar-refractivity contribution >= 4 is 34.4 Å². The molecule has 0 unspecified atom stereocenters. The van der Waals surface area contributed by atoms with Crippen LogP contribution in [0.2, 0.25) is 0 Å². The minimum absolute atomic E-state index is 0.0723. The summed E-state index contributed by atoms with van der Waals surface area (Å²) in [5, 5.41) is 14.1. The van der Waals surface area contributed by atoms with Gasteiger partial charge in [-0.1, -0.05) is 54.6 Å². The van der Waals surface area contributed by atoms with Gasteiger partial charge in [0.25, 0.3) is 5.91 Å². The molecule has 0 fully saturated rings. The van der Waals surface area contributed by atoms with E-state index in [1.807, 2.05) is 42.5 Å². The number of nitrogens with one attached hydrogen (secondary N) is 1. The topological polar surface area (TPSA) is 79.2 Å². The quantitative estimate of drug-likeness (QED) is 0.187. The van der Waals surface area contributed by atoms with Gasteiger partial charge in [0.15, 0.2) is 0 Å². The number of esters is 1. The van der Waals surface area contributed by atoms with Crippen molar-refractivity contribution in [2.75, 3.05) is 5.32 Å². The van der Waals surface area contributed by atoms with E-state index in [1.165, 1.54) is 30.3 Å². The lowest BCUT2D eigenvalue weighted by Crippen LogP contribution is -2.13. The Morgan fingerprint density at radius 3 is 2.48 bits per heavy atom. The number of halogens is 1. The van der Waals surface area contributed by atoms with Crippen LogP contribution in [0.4, 0.5) is 10.1 Å². The average molecular weight is 436 g/mol. The third-order valence-electron chi connectivity index (χ3n) is 4.84. The first-order chi connectivity index (χ1) is 16.0. The molecular weight excluding hydrogens is 419 g/mol. The molecule has 0 aliphatic heterocycles. The zero-order valence-electron chi connectivity index (χ0n) is 17.3. The molecule has 1 amide bonds. The molecule has 0 aliphatic carbocycles. The number of hydrogen-bond acceptors (Lipinski definition) is 4. The summed E-state index contributed by atoms with van der Waals surface area (Å²) in [5.41, 5.74) is 1.04. The summed E-state index contributed by atoms with van der Waals surface area (Å²) in [5.74, 6) is -1.62. The van der Waals surface area contributed by atoms with Crippen LogP contribution in [0.5, 0.6) is 5.75 Å². The van der Waals surface area contributed by atoms with Gasteiger partial charge in [0.1, 0.15) is 23.2 Å². The zero-order chi connectivity index (χ0) is 23.2. The minimum Gasteiger partial charge on any atom is -0.423 e. The number of carbonyl (C=O) groups excluding carboxylic acids is 2. The molecule has 0 heterocycles. The Bertz CT molecular complexity index is 1430. The highest BCUT2D eigenvalue weighted by Crippen LogP contribution is 2.24. The average Bonchev–Trinajstić information content (AvgIpc) is 2.83. The Morgan fingerprint density at radius 1 is 0.909 bits per heavy atom. The van der Waals surface area contributed by atoms with Gasteiger partial charge in [0.2, 0.25) is 0 Å². The van der Waals surface area contributed by atoms with Crippen molar-refractivity contribution in [3.05, 3.63) is 114 Å². The third kappa shape index (κ3) is 5.12. The molecule has 0 saturated carbocycles. The molecule has 4 rings (SSSR count). The molecule has 4 aromatic rings. The van der Waals surface area contributed by atoms with Crippen molar-refractivity contribution in [1.82, 2.24) is 0 Å². The van der Waals surface area contributed by atoms with E-state index in [2.05, 4.69) is 5.32 Å². The van der Waals surface area contributed by atoms with Crippen molar-refractivity contribution in [2.24, 2.45) is 0 Å². The number of nitriles is 1. The second-order valence-corrected chi connectivity index (χ2v) is 7.12. The van der Waals surface area contributed by atoms with E-state index in [0.29, 0.717) is 11.3 Å². The zero-order valence-corrected chi connectivity index (χ0v) is 17.3. The fraction of sp³-hybridized carbons (Fsp3) is 0. The Labute approximate surface area is 189 Å². The van der Waals surface area contributed by atoms with Gasteiger partial charge in [-0.15, -0.1) is 0 Å². The van der Waals surface area contributed by atoms with Crippen molar-refractivity contribution in [1.29, 1.82) is 5.26 Å². The summed E-state index contributed by atoms with van der Waals surface area (Å²) in [6, 6.07) is 26.6. The van der Waals surface area contributed by atoms with Crippen LogP contribution in [-0.2, 0) is 4.79 Å². The van der Waals surface area contributed by atoms with Gasteiger partial charge >= 0.3 is 5.97 Å². The summed E-state index contributed by atoms with van der Waals surface area (Å²) >= 11 is 0. The van der Waals surface area contributed by atoms with Crippen LogP contribution in [0, 0.1) is 17.1 Å². The lowest BCUT2D eigenvalue weighted by molar-refractivity contribution is -0.112. The SMILES string of the molecule is N#C/C(=C\c1cccc(OC(=O)c2cccc(F)c2)c1)C(=O)Nc1cccc2ccccc12. The van der Waals surface area contributed by atoms with Crippen LogP contribution < -0.4 is 10.1 Å². The molecule has 0 aliphatic rings. The van der Waals surface area contributed by atoms with Crippen LogP contribution in [0.15, 0.2) is 96.6 Å². The Kier molecular flexibility index (Phi) is 6.24. The number of amides is 1. The number of nitrogens with zero attached hydrogens (tertiary/aromatic N) is 1. The first-order valence-corrected chi connectivity index (χ1v) is 10.0. The van der Waals surface area contributed by atoms with Crippen LogP contribution >= 0.6 is 0 Å². The van der Waals surface area contributed by atoms with Crippen LogP contribution in [0.25, 0.3) is 16.8 Å². The molecule has 1 N–H and O–H groups in total. The molecule has 6 heteroatoms. The van der Waals surface area contributed by atoms with Crippen LogP contribution in [0.3, 0.4) is 0 Å². The summed E-state index contributed by atoms with van der Waals surface area (Å²) in [6.45, 7) is 0. The van der Waals surface area contributed by atoms with Crippen molar-refractivity contribution in [2.45, 2.75) is 0 Å². The molecule has 0 aromatic heterocycles. The maximum atomic E-state index is 13.3. The number of carbonyl (C=O) groups is 2. The molecular formula is C27H17FN2O3. The molecule has 5 nitrogen and oxygen atoms in total. The van der Waals surface area contributed by atoms with Crippen molar-refractivity contribution in [3.63, 3.8) is 0 Å². The van der Waals surface area contributed by atoms with Crippen LogP contribution in [-0.4, -0.2) is 11.9 Å². The van der Waals surface area contributed by atoms with E-state index in [9.17, 15) is 19.2 Å². The highest BCUT2D eigenvalue weighted by atomic mass is 19.1. The van der Waals surface area contributed by atoms with Crippen LogP contribution in [0.1, 0.15) is 15.9 Å². The molecule has 0 spiro atoms. The summed E-state index contributed by atoms with van der Waals surface area (Å²) in [6.07, 6.45) is 1.40. The monoisotopic (exact) mass is 436 g/mol. The summed E-state index contributed by atoms with van der Waals surface area (Å²) < 4.78 is 18.6. The smallest absolute Gasteiger partial charge is 0.343 e. The molecule has 0 atom stereocenters. The standard InChI is InChI=1S/C27H17FN2O3/c28-22-10-4-9-20(16-22)27(32)33-23-11-3-6-18(15-23)14-21(17-29)26(31)30-25-13-5-8-19-7-1-2-12-24(19)25/h1-16H,(H,30,31)/b21-14+. The van der Waals surface area contributed by atoms with Crippen molar-refractivity contribution in [3.8, 4) is 11.8 Å². The minimum atomic E-state index is -0.718. The van der Waals surface area contributed by atoms with E-state index in [0.717, 1.165) is 16.8 Å². The Hall–Kier alpha value is -4.76. The lowest BCUT2D eigenvalue weighted by atomic mass is 10.1. The van der Waals surface area contributed by atoms with E-state index in [1.54, 1.807) is 24.3 Å². The predicted molar refractivity (Wildman–Crippen MR) is 124 cm³/mol. The number of anilines is 1. The molecule has 0 saturated heterocycles. The lowest BCUT2D eigenvalue weighted by Gasteiger charge is -2.08. The number of benzene rings is 4. The first kappa shape index (κ1) is 21.5. The molecule has 0 bridgehead atoms. The van der Waals surface area contributed by atoms with Gasteiger partial charge in [0, 0.05) is 11.1 Å². The Morgan fingerprint density at radius 2 is 1.67 bits per heavy atom. The van der Waals surface area contributed by atoms with Gasteiger partial charge in [-0.3, -0.25) is 4.79 Å². The normalized spacial score (nSPS) is 11.0. The third-order valence-corrected chi connectivity index (χ3v) is 4.84. The second kappa shape index (κ2) is 9.58. The largest absolute Gasteiger partial charge is 0.423 e. The number of rotatable bonds is 5. The van der Waals surface area contributed by atoms with E-state index >= 15 is 0 Å². The predicted octanol–water partition coefficient (Wildman–Crippen LogP) is 5.74.